The van der Waals surface area contributed by atoms with Crippen LogP contribution in [0.1, 0.15) is 38.8 Å². The first-order valence-corrected chi connectivity index (χ1v) is 27.2. The number of para-hydroxylation sites is 1. The maximum absolute atomic E-state index is 13.3. The van der Waals surface area contributed by atoms with E-state index in [9.17, 15) is 4.39 Å². The van der Waals surface area contributed by atoms with Crippen LogP contribution in [0, 0.1) is 17.7 Å². The van der Waals surface area contributed by atoms with Gasteiger partial charge < -0.3 is 4.42 Å². The molecule has 1 radical (unpaired) electrons. The van der Waals surface area contributed by atoms with Gasteiger partial charge in [-0.1, -0.05) is 169 Å². The minimum atomic E-state index is -1.33. The second-order valence-corrected chi connectivity index (χ2v) is 24.3. The Bertz CT molecular complexity index is 3220. The third kappa shape index (κ3) is 12.9. The van der Waals surface area contributed by atoms with Gasteiger partial charge >= 0.3 is 0 Å². The number of pyridine rings is 3. The first-order chi connectivity index (χ1) is 32.9. The number of benzene rings is 6. The van der Waals surface area contributed by atoms with Gasteiger partial charge in [0.25, 0.3) is 0 Å². The van der Waals surface area contributed by atoms with Crippen molar-refractivity contribution in [1.29, 1.82) is 0 Å². The van der Waals surface area contributed by atoms with Crippen LogP contribution in [-0.2, 0) is 32.9 Å². The molecule has 7 heteroatoms. The van der Waals surface area contributed by atoms with Gasteiger partial charge in [0.1, 0.15) is 17.0 Å². The molecule has 0 saturated carbocycles. The second kappa shape index (κ2) is 23.1. The Morgan fingerprint density at radius 1 is 0.478 bits per heavy atom. The number of furan rings is 1. The Labute approximate surface area is 422 Å². The molecule has 6 aromatic carbocycles. The third-order valence-electron chi connectivity index (χ3n) is 11.9. The molecule has 0 amide bonds. The number of aromatic nitrogens is 3. The molecule has 349 valence electrons. The van der Waals surface area contributed by atoms with Crippen molar-refractivity contribution < 1.29 is 28.9 Å². The van der Waals surface area contributed by atoms with Crippen molar-refractivity contribution in [2.24, 2.45) is 11.8 Å². The van der Waals surface area contributed by atoms with Crippen molar-refractivity contribution in [3.63, 3.8) is 0 Å². The van der Waals surface area contributed by atoms with Crippen molar-refractivity contribution >= 4 is 35.2 Å². The zero-order chi connectivity index (χ0) is 47.6. The van der Waals surface area contributed by atoms with E-state index in [2.05, 4.69) is 154 Å². The van der Waals surface area contributed by atoms with Crippen molar-refractivity contribution in [2.75, 3.05) is 0 Å². The van der Waals surface area contributed by atoms with Crippen LogP contribution >= 0.6 is 0 Å². The molecule has 10 aromatic rings. The van der Waals surface area contributed by atoms with Gasteiger partial charge in [0.05, 0.1) is 25.2 Å². The predicted molar refractivity (Wildman–Crippen MR) is 287 cm³/mol. The minimum Gasteiger partial charge on any atom is -0.455 e. The quantitative estimate of drug-likeness (QED) is 0.128. The molecule has 4 nitrogen and oxygen atoms in total. The van der Waals surface area contributed by atoms with E-state index >= 15 is 0 Å². The van der Waals surface area contributed by atoms with Crippen LogP contribution in [0.15, 0.2) is 205 Å². The molecule has 4 aromatic heterocycles. The summed E-state index contributed by atoms with van der Waals surface area (Å²) in [6, 6.07) is 60.6. The number of rotatable bonds is 10. The van der Waals surface area contributed by atoms with Gasteiger partial charge in [-0.3, -0.25) is 15.0 Å². The van der Waals surface area contributed by atoms with E-state index in [4.69, 9.17) is 9.40 Å². The summed E-state index contributed by atoms with van der Waals surface area (Å²) in [5.74, 6) is 1.12. The van der Waals surface area contributed by atoms with Gasteiger partial charge in [-0.2, -0.15) is 0 Å². The Morgan fingerprint density at radius 3 is 1.65 bits per heavy atom. The van der Waals surface area contributed by atoms with Crippen LogP contribution in [0.5, 0.6) is 0 Å². The van der Waals surface area contributed by atoms with E-state index < -0.39 is 8.07 Å². The van der Waals surface area contributed by atoms with Crippen LogP contribution in [-0.4, -0.2) is 23.0 Å². The van der Waals surface area contributed by atoms with Crippen LogP contribution in [0.3, 0.4) is 0 Å². The van der Waals surface area contributed by atoms with Crippen LogP contribution in [0.25, 0.3) is 78.0 Å². The van der Waals surface area contributed by atoms with Gasteiger partial charge in [0.2, 0.25) is 0 Å². The van der Waals surface area contributed by atoms with Crippen molar-refractivity contribution in [3.05, 3.63) is 218 Å². The van der Waals surface area contributed by atoms with Crippen molar-refractivity contribution in [2.45, 2.75) is 60.2 Å². The Kier molecular flexibility index (Phi) is 16.8. The fourth-order valence-corrected chi connectivity index (χ4v) is 10.2. The molecule has 69 heavy (non-hydrogen) atoms. The average molecular weight is 1100 g/mol. The summed E-state index contributed by atoms with van der Waals surface area (Å²) in [6.45, 7) is 16.3. The number of nitrogens with zero attached hydrogens (tertiary/aromatic N) is 3. The maximum Gasteiger partial charge on any atom is 0.144 e. The zero-order valence-electron chi connectivity index (χ0n) is 40.6. The zero-order valence-corrected chi connectivity index (χ0v) is 44.0. The average Bonchev–Trinajstić information content (AvgIpc) is 3.73. The molecule has 0 bridgehead atoms. The molecule has 0 aliphatic carbocycles. The van der Waals surface area contributed by atoms with Gasteiger partial charge in [0, 0.05) is 66.2 Å². The monoisotopic (exact) mass is 1100 g/mol. The Balaban J connectivity index is 0.000000164. The summed E-state index contributed by atoms with van der Waals surface area (Å²) in [4.78, 5) is 13.8. The summed E-state index contributed by atoms with van der Waals surface area (Å²) < 4.78 is 19.7. The Hall–Kier alpha value is -6.63. The van der Waals surface area contributed by atoms with E-state index in [1.807, 2.05) is 79.1 Å². The second-order valence-electron chi connectivity index (χ2n) is 19.3. The predicted octanol–water partition coefficient (Wildman–Crippen LogP) is 16.6. The largest absolute Gasteiger partial charge is 0.455 e. The number of hydrogen-bond donors (Lipinski definition) is 0. The van der Waals surface area contributed by atoms with E-state index in [0.717, 1.165) is 79.7 Å². The smallest absolute Gasteiger partial charge is 0.144 e. The van der Waals surface area contributed by atoms with Gasteiger partial charge in [-0.25, -0.2) is 4.39 Å². The molecular formula is C62H60FIrN3OSi. The fraction of sp³-hybridized carbons (Fsp3) is 0.177. The van der Waals surface area contributed by atoms with Crippen LogP contribution < -0.4 is 5.19 Å². The van der Waals surface area contributed by atoms with Crippen molar-refractivity contribution in [1.82, 2.24) is 15.0 Å². The van der Waals surface area contributed by atoms with Gasteiger partial charge in [-0.15, -0.1) is 0 Å². The molecule has 0 saturated heterocycles. The maximum atomic E-state index is 13.3. The van der Waals surface area contributed by atoms with Gasteiger partial charge in [0.15, 0.2) is 0 Å². The van der Waals surface area contributed by atoms with Crippen LogP contribution in [0.2, 0.25) is 19.6 Å². The first-order valence-electron chi connectivity index (χ1n) is 23.7. The summed E-state index contributed by atoms with van der Waals surface area (Å²) in [6.07, 6.45) is 8.13. The van der Waals surface area contributed by atoms with E-state index in [-0.39, 0.29) is 25.9 Å². The van der Waals surface area contributed by atoms with Crippen LogP contribution in [0.4, 0.5) is 4.39 Å². The molecule has 0 spiro atoms. The minimum absolute atomic E-state index is 0. The molecule has 0 N–H and O–H groups in total. The first kappa shape index (κ1) is 50.2. The SMILES string of the molecule is CC(C)Cc1cc(-c2ccccc2)ncc1[Si](C)(C)C.CC(C)Cc1ccnc(-c2ccccc2)c1.Fc1ccc(-c2ccc3c(c2)oc2c(-c4cc(-c5ccccc5)ccn4)cccc23)cc1.[Ir]. The molecule has 0 atom stereocenters. The molecule has 0 fully saturated rings. The number of hydrogen-bond acceptors (Lipinski definition) is 4. The molecule has 4 heterocycles. The molecule has 0 unspecified atom stereocenters. The topological polar surface area (TPSA) is 51.8 Å². The molecular weight excluding hydrogens is 1040 g/mol. The normalized spacial score (nSPS) is 11.2. The summed E-state index contributed by atoms with van der Waals surface area (Å²) >= 11 is 0. The third-order valence-corrected chi connectivity index (χ3v) is 13.9. The summed E-state index contributed by atoms with van der Waals surface area (Å²) in [7, 11) is -1.33. The van der Waals surface area contributed by atoms with Gasteiger partial charge in [-0.05, 0) is 124 Å². The summed E-state index contributed by atoms with van der Waals surface area (Å²) in [5.41, 5.74) is 15.1. The summed E-state index contributed by atoms with van der Waals surface area (Å²) in [5, 5.41) is 3.60. The van der Waals surface area contributed by atoms with E-state index in [1.165, 1.54) is 39.6 Å². The Morgan fingerprint density at radius 2 is 1.03 bits per heavy atom. The number of fused-ring (bicyclic) bond motifs is 3. The molecule has 10 rings (SSSR count). The van der Waals surface area contributed by atoms with E-state index in [0.29, 0.717) is 11.8 Å². The standard InChI is InChI=1S/C29H18FNO.C18H25NSi.C15H17N.Ir/c30-23-12-9-20(10-13-23)21-11-14-24-25-7-4-8-26(29(25)32-28(24)18-21)27-17-22(15-16-31-27)19-5-2-1-3-6-19;1-14(2)11-16-12-17(15-9-7-6-8-10-15)19-13-18(16)20(3,4)5;1-12(2)10-13-8-9-16-15(11-13)14-6-4-3-5-7-14;/h1-18H;6-10,12-14H,11H2,1-5H3;3-9,11-12H,10H2,1-2H3;. The van der Waals surface area contributed by atoms with E-state index in [1.54, 1.807) is 12.1 Å². The molecule has 0 aliphatic rings. The molecule has 0 aliphatic heterocycles. The van der Waals surface area contributed by atoms with Crippen molar-refractivity contribution in [3.8, 4) is 56.0 Å². The fourth-order valence-electron chi connectivity index (χ4n) is 8.60. The number of halogens is 1.